The number of imidazole rings is 1. The summed E-state index contributed by atoms with van der Waals surface area (Å²) in [5.41, 5.74) is 7.76. The Kier molecular flexibility index (Phi) is 5.49. The molecular weight excluding hydrogens is 472 g/mol. The maximum absolute atomic E-state index is 12.2. The minimum Gasteiger partial charge on any atom is -0.336 e. The van der Waals surface area contributed by atoms with Gasteiger partial charge in [-0.1, -0.05) is 13.8 Å². The SMILES string of the molecule is CC(C)CC(=O)Nc1cncc(-c2ccc3[nH]nc(-c4nc5c(-c6ccsc6)nccc5[nH]4)c3n2)c1. The summed E-state index contributed by atoms with van der Waals surface area (Å²) >= 11 is 1.62. The second kappa shape index (κ2) is 8.97. The van der Waals surface area contributed by atoms with E-state index in [-0.39, 0.29) is 11.8 Å². The van der Waals surface area contributed by atoms with E-state index in [0.717, 1.165) is 33.4 Å². The Balaban J connectivity index is 1.38. The Morgan fingerprint density at radius 2 is 1.92 bits per heavy atom. The van der Waals surface area contributed by atoms with E-state index in [1.807, 2.05) is 49.6 Å². The topological polar surface area (TPSA) is 125 Å². The zero-order valence-electron chi connectivity index (χ0n) is 19.6. The maximum atomic E-state index is 12.2. The first-order valence-corrected chi connectivity index (χ1v) is 12.5. The Bertz CT molecular complexity index is 1700. The molecule has 0 fully saturated rings. The van der Waals surface area contributed by atoms with Crippen molar-refractivity contribution in [3.05, 3.63) is 59.7 Å². The number of nitrogens with zero attached hydrogens (tertiary/aromatic N) is 5. The van der Waals surface area contributed by atoms with Gasteiger partial charge >= 0.3 is 0 Å². The van der Waals surface area contributed by atoms with Gasteiger partial charge in [0.2, 0.25) is 5.91 Å². The molecule has 6 aromatic heterocycles. The fourth-order valence-electron chi connectivity index (χ4n) is 4.11. The number of pyridine rings is 3. The van der Waals surface area contributed by atoms with Crippen LogP contribution in [-0.4, -0.2) is 41.0 Å². The molecule has 178 valence electrons. The van der Waals surface area contributed by atoms with Crippen LogP contribution < -0.4 is 5.32 Å². The number of fused-ring (bicyclic) bond motifs is 2. The second-order valence-electron chi connectivity index (χ2n) is 8.93. The van der Waals surface area contributed by atoms with E-state index in [2.05, 4.69) is 35.8 Å². The Morgan fingerprint density at radius 1 is 1.03 bits per heavy atom. The van der Waals surface area contributed by atoms with Crippen molar-refractivity contribution in [3.63, 3.8) is 0 Å². The zero-order valence-corrected chi connectivity index (χ0v) is 20.4. The standard InChI is InChI=1S/C26H22N8OS/c1-14(2)9-21(35)29-17-10-16(11-27-12-17)18-3-4-20-24(30-18)25(34-33-20)26-31-19-5-7-28-22(23(19)32-26)15-6-8-36-13-15/h3-8,10-14H,9H2,1-2H3,(H,29,35)(H,31,32)(H,33,34). The summed E-state index contributed by atoms with van der Waals surface area (Å²) in [5, 5.41) is 14.5. The van der Waals surface area contributed by atoms with E-state index < -0.39 is 0 Å². The van der Waals surface area contributed by atoms with Crippen LogP contribution in [0.4, 0.5) is 5.69 Å². The number of thiophene rings is 1. The number of hydrogen-bond acceptors (Lipinski definition) is 7. The van der Waals surface area contributed by atoms with Crippen LogP contribution in [0.2, 0.25) is 0 Å². The van der Waals surface area contributed by atoms with Gasteiger partial charge in [0.15, 0.2) is 11.5 Å². The molecule has 6 aromatic rings. The van der Waals surface area contributed by atoms with Crippen molar-refractivity contribution in [1.29, 1.82) is 0 Å². The van der Waals surface area contributed by atoms with Gasteiger partial charge in [0.05, 0.1) is 34.3 Å². The van der Waals surface area contributed by atoms with Gasteiger partial charge in [-0.05, 0) is 41.6 Å². The summed E-state index contributed by atoms with van der Waals surface area (Å²) < 4.78 is 0. The quantitative estimate of drug-likeness (QED) is 0.274. The van der Waals surface area contributed by atoms with Crippen molar-refractivity contribution in [3.8, 4) is 34.0 Å². The molecule has 0 aliphatic rings. The third kappa shape index (κ3) is 4.11. The molecule has 0 spiro atoms. The Morgan fingerprint density at radius 3 is 2.75 bits per heavy atom. The molecule has 0 unspecified atom stereocenters. The molecule has 0 radical (unpaired) electrons. The third-order valence-electron chi connectivity index (χ3n) is 5.74. The smallest absolute Gasteiger partial charge is 0.224 e. The average molecular weight is 495 g/mol. The van der Waals surface area contributed by atoms with E-state index in [0.29, 0.717) is 34.8 Å². The van der Waals surface area contributed by atoms with Crippen LogP contribution in [0.15, 0.2) is 59.7 Å². The van der Waals surface area contributed by atoms with Gasteiger partial charge in [0.1, 0.15) is 11.0 Å². The van der Waals surface area contributed by atoms with E-state index in [4.69, 9.17) is 9.97 Å². The molecule has 0 aliphatic heterocycles. The molecule has 10 heteroatoms. The van der Waals surface area contributed by atoms with Crippen molar-refractivity contribution in [2.45, 2.75) is 20.3 Å². The number of rotatable bonds is 6. The van der Waals surface area contributed by atoms with Crippen LogP contribution in [0.5, 0.6) is 0 Å². The average Bonchev–Trinajstić information content (AvgIpc) is 3.62. The molecule has 1 amide bonds. The van der Waals surface area contributed by atoms with Gasteiger partial charge < -0.3 is 10.3 Å². The number of hydrogen-bond donors (Lipinski definition) is 3. The molecular formula is C26H22N8OS. The summed E-state index contributed by atoms with van der Waals surface area (Å²) in [6.07, 6.45) is 5.59. The molecule has 3 N–H and O–H groups in total. The highest BCUT2D eigenvalue weighted by atomic mass is 32.1. The molecule has 0 aromatic carbocycles. The van der Waals surface area contributed by atoms with Gasteiger partial charge in [-0.15, -0.1) is 0 Å². The number of carbonyl (C=O) groups excluding carboxylic acids is 1. The lowest BCUT2D eigenvalue weighted by Gasteiger charge is -2.08. The summed E-state index contributed by atoms with van der Waals surface area (Å²) in [7, 11) is 0. The van der Waals surface area contributed by atoms with Crippen LogP contribution >= 0.6 is 11.3 Å². The summed E-state index contributed by atoms with van der Waals surface area (Å²) in [6, 6.07) is 9.64. The van der Waals surface area contributed by atoms with E-state index in [1.54, 1.807) is 29.9 Å². The highest BCUT2D eigenvalue weighted by Crippen LogP contribution is 2.31. The van der Waals surface area contributed by atoms with E-state index in [1.165, 1.54) is 0 Å². The lowest BCUT2D eigenvalue weighted by Crippen LogP contribution is -2.14. The highest BCUT2D eigenvalue weighted by molar-refractivity contribution is 7.08. The minimum atomic E-state index is -0.0364. The Labute approximate surface area is 210 Å². The number of anilines is 1. The molecule has 0 saturated heterocycles. The first-order chi connectivity index (χ1) is 17.5. The van der Waals surface area contributed by atoms with E-state index >= 15 is 0 Å². The van der Waals surface area contributed by atoms with Crippen molar-refractivity contribution < 1.29 is 4.79 Å². The number of carbonyl (C=O) groups is 1. The van der Waals surface area contributed by atoms with Crippen molar-refractivity contribution in [2.24, 2.45) is 5.92 Å². The van der Waals surface area contributed by atoms with Gasteiger partial charge in [0, 0.05) is 35.3 Å². The molecule has 0 aliphatic carbocycles. The van der Waals surface area contributed by atoms with Crippen molar-refractivity contribution >= 4 is 45.0 Å². The molecule has 6 heterocycles. The first kappa shape index (κ1) is 22.1. The lowest BCUT2D eigenvalue weighted by atomic mass is 10.1. The fourth-order valence-corrected chi connectivity index (χ4v) is 4.75. The second-order valence-corrected chi connectivity index (χ2v) is 9.71. The Hall–Kier alpha value is -4.44. The largest absolute Gasteiger partial charge is 0.336 e. The number of amides is 1. The van der Waals surface area contributed by atoms with Crippen molar-refractivity contribution in [1.82, 2.24) is 35.1 Å². The lowest BCUT2D eigenvalue weighted by molar-refractivity contribution is -0.116. The highest BCUT2D eigenvalue weighted by Gasteiger charge is 2.18. The summed E-state index contributed by atoms with van der Waals surface area (Å²) in [6.45, 7) is 4.02. The molecule has 6 rings (SSSR count). The van der Waals surface area contributed by atoms with Crippen LogP contribution in [0, 0.1) is 5.92 Å². The molecule has 0 saturated carbocycles. The predicted octanol–water partition coefficient (Wildman–Crippen LogP) is 5.67. The molecule has 9 nitrogen and oxygen atoms in total. The number of H-pyrrole nitrogens is 2. The van der Waals surface area contributed by atoms with Crippen LogP contribution in [-0.2, 0) is 4.79 Å². The van der Waals surface area contributed by atoms with Crippen LogP contribution in [0.1, 0.15) is 20.3 Å². The number of aromatic nitrogens is 7. The normalized spacial score (nSPS) is 11.5. The first-order valence-electron chi connectivity index (χ1n) is 11.5. The number of nitrogens with one attached hydrogen (secondary N) is 3. The summed E-state index contributed by atoms with van der Waals surface area (Å²) in [4.78, 5) is 34.1. The predicted molar refractivity (Wildman–Crippen MR) is 141 cm³/mol. The van der Waals surface area contributed by atoms with Crippen LogP contribution in [0.25, 0.3) is 56.1 Å². The van der Waals surface area contributed by atoms with Gasteiger partial charge in [-0.2, -0.15) is 16.4 Å². The monoisotopic (exact) mass is 494 g/mol. The molecule has 0 bridgehead atoms. The van der Waals surface area contributed by atoms with Crippen LogP contribution in [0.3, 0.4) is 0 Å². The fraction of sp³-hybridized carbons (Fsp3) is 0.154. The zero-order chi connectivity index (χ0) is 24.6. The van der Waals surface area contributed by atoms with Crippen molar-refractivity contribution in [2.75, 3.05) is 5.32 Å². The van der Waals surface area contributed by atoms with Gasteiger partial charge in [-0.25, -0.2) is 9.97 Å². The minimum absolute atomic E-state index is 0.0364. The van der Waals surface area contributed by atoms with Gasteiger partial charge in [0.25, 0.3) is 0 Å². The summed E-state index contributed by atoms with van der Waals surface area (Å²) in [5.74, 6) is 0.851. The third-order valence-corrected chi connectivity index (χ3v) is 6.42. The molecule has 36 heavy (non-hydrogen) atoms. The maximum Gasteiger partial charge on any atom is 0.224 e. The van der Waals surface area contributed by atoms with Gasteiger partial charge in [-0.3, -0.25) is 19.9 Å². The molecule has 0 atom stereocenters. The van der Waals surface area contributed by atoms with E-state index in [9.17, 15) is 4.79 Å². The number of aromatic amines is 2.